The quantitative estimate of drug-likeness (QED) is 0.882. The Morgan fingerprint density at radius 1 is 1.10 bits per heavy atom. The molecule has 0 spiro atoms. The molecule has 1 heterocycles. The first-order valence-electron chi connectivity index (χ1n) is 5.43. The molecule has 0 aliphatic carbocycles. The predicted octanol–water partition coefficient (Wildman–Crippen LogP) is 3.39. The lowest BCUT2D eigenvalue weighted by atomic mass is 10.2. The highest BCUT2D eigenvalue weighted by molar-refractivity contribution is 5.89. The second-order valence-corrected chi connectivity index (χ2v) is 4.05. The number of para-hydroxylation sites is 1. The van der Waals surface area contributed by atoms with E-state index in [0.717, 1.165) is 6.20 Å². The summed E-state index contributed by atoms with van der Waals surface area (Å²) in [6, 6.07) is 6.24. The number of aromatic nitrogens is 1. The minimum absolute atomic E-state index is 0.110. The Hall–Kier alpha value is -2.12. The van der Waals surface area contributed by atoms with Crippen LogP contribution >= 0.6 is 0 Å². The van der Waals surface area contributed by atoms with Gasteiger partial charge in [-0.15, -0.1) is 0 Å². The maximum Gasteiger partial charge on any atom is 0.456 e. The van der Waals surface area contributed by atoms with E-state index in [2.05, 4.69) is 9.72 Å². The van der Waals surface area contributed by atoms with Crippen LogP contribution in [0.3, 0.4) is 0 Å². The monoisotopic (exact) mass is 292 g/mol. The van der Waals surface area contributed by atoms with Gasteiger partial charge in [-0.2, -0.15) is 22.0 Å². The average molecular weight is 292 g/mol. The number of fused-ring (bicyclic) bond motifs is 1. The lowest BCUT2D eigenvalue weighted by Gasteiger charge is -2.20. The van der Waals surface area contributed by atoms with Crippen LogP contribution in [0.5, 0.6) is 5.75 Å². The van der Waals surface area contributed by atoms with Crippen molar-refractivity contribution in [2.75, 3.05) is 12.3 Å². The third-order valence-corrected chi connectivity index (χ3v) is 2.57. The van der Waals surface area contributed by atoms with E-state index >= 15 is 0 Å². The van der Waals surface area contributed by atoms with E-state index in [4.69, 9.17) is 5.73 Å². The van der Waals surface area contributed by atoms with Gasteiger partial charge in [0.25, 0.3) is 0 Å². The van der Waals surface area contributed by atoms with Gasteiger partial charge in [0.15, 0.2) is 12.4 Å². The molecule has 20 heavy (non-hydrogen) atoms. The van der Waals surface area contributed by atoms with Gasteiger partial charge in [0.05, 0.1) is 17.4 Å². The number of alkyl halides is 5. The maximum atomic E-state index is 12.8. The van der Waals surface area contributed by atoms with Crippen LogP contribution in [0.25, 0.3) is 10.9 Å². The molecule has 0 saturated heterocycles. The van der Waals surface area contributed by atoms with Crippen LogP contribution in [0, 0.1) is 0 Å². The van der Waals surface area contributed by atoms with Gasteiger partial charge in [-0.25, -0.2) is 0 Å². The summed E-state index contributed by atoms with van der Waals surface area (Å²) in [4.78, 5) is 3.92. The van der Waals surface area contributed by atoms with Gasteiger partial charge in [0, 0.05) is 5.39 Å². The zero-order chi connectivity index (χ0) is 15.0. The van der Waals surface area contributed by atoms with Crippen molar-refractivity contribution in [1.82, 2.24) is 4.98 Å². The number of benzene rings is 1. The molecular weight excluding hydrogens is 283 g/mol. The molecule has 0 aliphatic heterocycles. The number of ether oxygens (including phenoxy) is 1. The van der Waals surface area contributed by atoms with Crippen LogP contribution in [0.15, 0.2) is 30.5 Å². The Morgan fingerprint density at radius 2 is 1.75 bits per heavy atom. The number of nitrogen functional groups attached to an aromatic ring is 1. The van der Waals surface area contributed by atoms with E-state index < -0.39 is 18.7 Å². The molecule has 2 N–H and O–H groups in total. The third kappa shape index (κ3) is 2.59. The van der Waals surface area contributed by atoms with Gasteiger partial charge < -0.3 is 10.5 Å². The smallest absolute Gasteiger partial charge is 0.456 e. The minimum Gasteiger partial charge on any atom is -0.484 e. The summed E-state index contributed by atoms with van der Waals surface area (Å²) < 4.78 is 66.5. The van der Waals surface area contributed by atoms with Crippen LogP contribution in [0.1, 0.15) is 0 Å². The Bertz CT molecular complexity index is 627. The summed E-state index contributed by atoms with van der Waals surface area (Å²) in [5.41, 5.74) is 5.78. The zero-order valence-corrected chi connectivity index (χ0v) is 9.92. The average Bonchev–Trinajstić information content (AvgIpc) is 2.36. The van der Waals surface area contributed by atoms with Crippen molar-refractivity contribution in [3.8, 4) is 5.75 Å². The summed E-state index contributed by atoms with van der Waals surface area (Å²) in [7, 11) is 0. The van der Waals surface area contributed by atoms with Crippen molar-refractivity contribution in [3.63, 3.8) is 0 Å². The van der Waals surface area contributed by atoms with Crippen LogP contribution in [0.2, 0.25) is 0 Å². The molecule has 0 aliphatic rings. The minimum atomic E-state index is -5.68. The molecule has 0 atom stereocenters. The van der Waals surface area contributed by atoms with Gasteiger partial charge in [-0.3, -0.25) is 4.98 Å². The highest BCUT2D eigenvalue weighted by Gasteiger charge is 2.58. The van der Waals surface area contributed by atoms with E-state index in [0.29, 0.717) is 5.52 Å². The summed E-state index contributed by atoms with van der Waals surface area (Å²) >= 11 is 0. The Balaban J connectivity index is 2.33. The Kier molecular flexibility index (Phi) is 3.41. The number of rotatable bonds is 3. The largest absolute Gasteiger partial charge is 0.484 e. The summed E-state index contributed by atoms with van der Waals surface area (Å²) in [5.74, 6) is -5.19. The van der Waals surface area contributed by atoms with Crippen molar-refractivity contribution < 1.29 is 26.7 Å². The normalized spacial score (nSPS) is 12.7. The zero-order valence-electron chi connectivity index (χ0n) is 9.92. The standard InChI is InChI=1S/C12H9F5N2O/c13-11(14,12(15,16)17)6-20-10-7-3-1-2-4-9(7)19-5-8(10)18/h1-5H,6,18H2. The lowest BCUT2D eigenvalue weighted by molar-refractivity contribution is -0.289. The van der Waals surface area contributed by atoms with Crippen LogP contribution in [-0.4, -0.2) is 23.7 Å². The molecule has 0 fully saturated rings. The van der Waals surface area contributed by atoms with E-state index in [1.807, 2.05) is 0 Å². The van der Waals surface area contributed by atoms with Gasteiger partial charge in [0.1, 0.15) is 0 Å². The second kappa shape index (κ2) is 4.77. The third-order valence-electron chi connectivity index (χ3n) is 2.57. The fraction of sp³-hybridized carbons (Fsp3) is 0.250. The number of nitrogens with two attached hydrogens (primary N) is 1. The molecule has 0 unspecified atom stereocenters. The fourth-order valence-electron chi connectivity index (χ4n) is 1.54. The van der Waals surface area contributed by atoms with Gasteiger partial charge in [-0.1, -0.05) is 12.1 Å². The molecule has 0 saturated carbocycles. The van der Waals surface area contributed by atoms with Crippen molar-refractivity contribution in [3.05, 3.63) is 30.5 Å². The van der Waals surface area contributed by atoms with Crippen molar-refractivity contribution >= 4 is 16.6 Å². The second-order valence-electron chi connectivity index (χ2n) is 4.05. The fourth-order valence-corrected chi connectivity index (χ4v) is 1.54. The van der Waals surface area contributed by atoms with Crippen molar-refractivity contribution in [2.45, 2.75) is 12.1 Å². The highest BCUT2D eigenvalue weighted by Crippen LogP contribution is 2.37. The van der Waals surface area contributed by atoms with E-state index in [1.165, 1.54) is 6.07 Å². The lowest BCUT2D eigenvalue weighted by Crippen LogP contribution is -2.41. The predicted molar refractivity (Wildman–Crippen MR) is 62.7 cm³/mol. The summed E-state index contributed by atoms with van der Waals surface area (Å²) in [6.07, 6.45) is -4.53. The van der Waals surface area contributed by atoms with Crippen LogP contribution < -0.4 is 10.5 Å². The molecular formula is C12H9F5N2O. The topological polar surface area (TPSA) is 48.1 Å². The van der Waals surface area contributed by atoms with Gasteiger partial charge in [0.2, 0.25) is 0 Å². The molecule has 2 aromatic rings. The number of nitrogens with zero attached hydrogens (tertiary/aromatic N) is 1. The first-order chi connectivity index (χ1) is 9.22. The van der Waals surface area contributed by atoms with Gasteiger partial charge >= 0.3 is 12.1 Å². The molecule has 3 nitrogen and oxygen atoms in total. The Morgan fingerprint density at radius 3 is 2.40 bits per heavy atom. The summed E-state index contributed by atoms with van der Waals surface area (Å²) in [6.45, 7) is -1.84. The highest BCUT2D eigenvalue weighted by atomic mass is 19.4. The maximum absolute atomic E-state index is 12.8. The van der Waals surface area contributed by atoms with E-state index in [-0.39, 0.29) is 16.8 Å². The molecule has 108 valence electrons. The number of hydrogen-bond acceptors (Lipinski definition) is 3. The van der Waals surface area contributed by atoms with Gasteiger partial charge in [-0.05, 0) is 12.1 Å². The van der Waals surface area contributed by atoms with E-state index in [9.17, 15) is 22.0 Å². The first kappa shape index (κ1) is 14.3. The number of halogens is 5. The number of hydrogen-bond donors (Lipinski definition) is 1. The number of anilines is 1. The molecule has 2 rings (SSSR count). The van der Waals surface area contributed by atoms with E-state index in [1.54, 1.807) is 18.2 Å². The van der Waals surface area contributed by atoms with Crippen LogP contribution in [0.4, 0.5) is 27.6 Å². The Labute approximate surface area is 110 Å². The molecule has 0 amide bonds. The molecule has 0 bridgehead atoms. The molecule has 8 heteroatoms. The first-order valence-corrected chi connectivity index (χ1v) is 5.43. The van der Waals surface area contributed by atoms with Crippen LogP contribution in [-0.2, 0) is 0 Å². The molecule has 0 radical (unpaired) electrons. The van der Waals surface area contributed by atoms with Crippen molar-refractivity contribution in [1.29, 1.82) is 0 Å². The molecule has 1 aromatic carbocycles. The number of pyridine rings is 1. The molecule has 1 aromatic heterocycles. The van der Waals surface area contributed by atoms with Crippen molar-refractivity contribution in [2.24, 2.45) is 0 Å². The summed E-state index contributed by atoms with van der Waals surface area (Å²) in [5, 5.41) is 0.269. The SMILES string of the molecule is Nc1cnc2ccccc2c1OCC(F)(F)C(F)(F)F.